The van der Waals surface area contributed by atoms with Gasteiger partial charge in [-0.3, -0.25) is 5.10 Å². The lowest BCUT2D eigenvalue weighted by Gasteiger charge is -2.07. The maximum Gasteiger partial charge on any atom is 0.211 e. The third kappa shape index (κ3) is 2.13. The van der Waals surface area contributed by atoms with Gasteiger partial charge in [0, 0.05) is 5.02 Å². The second-order valence-electron chi connectivity index (χ2n) is 3.84. The highest BCUT2D eigenvalue weighted by atomic mass is 35.5. The average Bonchev–Trinajstić information content (AvgIpc) is 2.58. The fourth-order valence-corrected chi connectivity index (χ4v) is 4.12. The number of aryl methyl sites for hydroxylation is 2. The van der Waals surface area contributed by atoms with Crippen molar-refractivity contribution in [2.75, 3.05) is 0 Å². The summed E-state index contributed by atoms with van der Waals surface area (Å²) in [7, 11) is -3.69. The molecule has 1 aromatic carbocycles. The normalized spacial score (nSPS) is 11.8. The summed E-state index contributed by atoms with van der Waals surface area (Å²) in [5.74, 6) is 0. The highest BCUT2D eigenvalue weighted by Crippen LogP contribution is 2.31. The molecule has 0 saturated carbocycles. The van der Waals surface area contributed by atoms with Gasteiger partial charge in [-0.25, -0.2) is 8.42 Å². The summed E-state index contributed by atoms with van der Waals surface area (Å²) in [5.41, 5.74) is 0.900. The van der Waals surface area contributed by atoms with E-state index in [1.54, 1.807) is 13.8 Å². The molecule has 0 amide bonds. The molecule has 7 heteroatoms. The number of aromatic amines is 1. The van der Waals surface area contributed by atoms with E-state index in [1.807, 2.05) is 0 Å². The lowest BCUT2D eigenvalue weighted by Crippen LogP contribution is -2.05. The first-order chi connectivity index (χ1) is 8.34. The highest BCUT2D eigenvalue weighted by molar-refractivity contribution is 7.91. The van der Waals surface area contributed by atoms with E-state index in [0.717, 1.165) is 0 Å². The first-order valence-corrected chi connectivity index (χ1v) is 7.29. The van der Waals surface area contributed by atoms with E-state index in [1.165, 1.54) is 18.2 Å². The quantitative estimate of drug-likeness (QED) is 0.927. The molecule has 0 aliphatic heterocycles. The molecule has 1 N–H and O–H groups in total. The molecule has 0 atom stereocenters. The summed E-state index contributed by atoms with van der Waals surface area (Å²) in [6.45, 7) is 3.27. The van der Waals surface area contributed by atoms with Crippen LogP contribution in [0, 0.1) is 13.8 Å². The number of hydrogen-bond donors (Lipinski definition) is 1. The number of H-pyrrole nitrogens is 1. The Morgan fingerprint density at radius 3 is 2.39 bits per heavy atom. The zero-order chi connectivity index (χ0) is 13.5. The molecule has 0 spiro atoms. The summed E-state index contributed by atoms with van der Waals surface area (Å²) >= 11 is 11.7. The Morgan fingerprint density at radius 1 is 1.22 bits per heavy atom. The van der Waals surface area contributed by atoms with Crippen molar-refractivity contribution in [1.29, 1.82) is 0 Å². The molecule has 0 saturated heterocycles. The van der Waals surface area contributed by atoms with Crippen LogP contribution in [0.2, 0.25) is 10.0 Å². The Bertz CT molecular complexity index is 688. The second kappa shape index (κ2) is 4.57. The minimum atomic E-state index is -3.69. The number of halogens is 2. The van der Waals surface area contributed by atoms with Crippen molar-refractivity contribution >= 4 is 33.0 Å². The van der Waals surface area contributed by atoms with Crippen LogP contribution in [0.25, 0.3) is 0 Å². The molecular formula is C11H10Cl2N2O2S. The summed E-state index contributed by atoms with van der Waals surface area (Å²) in [6, 6.07) is 4.29. The Hall–Kier alpha value is -1.04. The third-order valence-electron chi connectivity index (χ3n) is 2.51. The summed E-state index contributed by atoms with van der Waals surface area (Å²) in [4.78, 5) is 0.188. The molecule has 0 fully saturated rings. The van der Waals surface area contributed by atoms with Crippen LogP contribution in [0.15, 0.2) is 28.0 Å². The van der Waals surface area contributed by atoms with Gasteiger partial charge < -0.3 is 0 Å². The molecular weight excluding hydrogens is 295 g/mol. The van der Waals surface area contributed by atoms with E-state index in [-0.39, 0.29) is 14.8 Å². The van der Waals surface area contributed by atoms with Crippen LogP contribution >= 0.6 is 23.2 Å². The number of nitrogens with zero attached hydrogens (tertiary/aromatic N) is 1. The van der Waals surface area contributed by atoms with Gasteiger partial charge in [-0.2, -0.15) is 5.10 Å². The van der Waals surface area contributed by atoms with Crippen molar-refractivity contribution < 1.29 is 8.42 Å². The number of rotatable bonds is 2. The molecule has 18 heavy (non-hydrogen) atoms. The largest absolute Gasteiger partial charge is 0.281 e. The first-order valence-electron chi connectivity index (χ1n) is 5.05. The third-order valence-corrected chi connectivity index (χ3v) is 5.25. The zero-order valence-corrected chi connectivity index (χ0v) is 12.0. The topological polar surface area (TPSA) is 62.8 Å². The van der Waals surface area contributed by atoms with E-state index in [9.17, 15) is 8.42 Å². The number of aromatic nitrogens is 2. The highest BCUT2D eigenvalue weighted by Gasteiger charge is 2.26. The van der Waals surface area contributed by atoms with Gasteiger partial charge in [0.05, 0.1) is 21.3 Å². The molecule has 0 bridgehead atoms. The van der Waals surface area contributed by atoms with E-state index in [0.29, 0.717) is 16.4 Å². The van der Waals surface area contributed by atoms with Gasteiger partial charge in [0.1, 0.15) is 4.90 Å². The average molecular weight is 305 g/mol. The monoisotopic (exact) mass is 304 g/mol. The number of hydrogen-bond acceptors (Lipinski definition) is 3. The van der Waals surface area contributed by atoms with Crippen molar-refractivity contribution in [1.82, 2.24) is 10.2 Å². The van der Waals surface area contributed by atoms with Crippen molar-refractivity contribution in [3.8, 4) is 0 Å². The van der Waals surface area contributed by atoms with Crippen molar-refractivity contribution in [3.05, 3.63) is 39.6 Å². The maximum atomic E-state index is 12.5. The minimum Gasteiger partial charge on any atom is -0.281 e. The predicted octanol–water partition coefficient (Wildman–Crippen LogP) is 3.17. The fourth-order valence-electron chi connectivity index (χ4n) is 1.74. The Morgan fingerprint density at radius 2 is 1.89 bits per heavy atom. The van der Waals surface area contributed by atoms with Gasteiger partial charge in [-0.1, -0.05) is 23.2 Å². The molecule has 0 radical (unpaired) electrons. The van der Waals surface area contributed by atoms with Crippen molar-refractivity contribution in [2.45, 2.75) is 23.6 Å². The minimum absolute atomic E-state index is 0.0289. The van der Waals surface area contributed by atoms with E-state index in [2.05, 4.69) is 10.2 Å². The predicted molar refractivity (Wildman–Crippen MR) is 70.0 cm³/mol. The lowest BCUT2D eigenvalue weighted by molar-refractivity contribution is 0.595. The molecule has 2 aromatic rings. The van der Waals surface area contributed by atoms with E-state index >= 15 is 0 Å². The molecule has 0 unspecified atom stereocenters. The van der Waals surface area contributed by atoms with Crippen molar-refractivity contribution in [3.63, 3.8) is 0 Å². The molecule has 0 aliphatic rings. The molecule has 96 valence electrons. The Balaban J connectivity index is 2.70. The number of nitrogens with one attached hydrogen (secondary N) is 1. The number of sulfone groups is 1. The zero-order valence-electron chi connectivity index (χ0n) is 9.66. The van der Waals surface area contributed by atoms with Crippen LogP contribution in [0.4, 0.5) is 0 Å². The van der Waals surface area contributed by atoms with Crippen LogP contribution in [-0.4, -0.2) is 18.6 Å². The summed E-state index contributed by atoms with van der Waals surface area (Å²) in [5, 5.41) is 7.02. The van der Waals surface area contributed by atoms with Gasteiger partial charge in [0.25, 0.3) is 0 Å². The van der Waals surface area contributed by atoms with Crippen LogP contribution in [-0.2, 0) is 9.84 Å². The van der Waals surface area contributed by atoms with Crippen LogP contribution in [0.1, 0.15) is 11.4 Å². The molecule has 1 aromatic heterocycles. The van der Waals surface area contributed by atoms with E-state index < -0.39 is 9.84 Å². The Labute approximate surface area is 115 Å². The standard InChI is InChI=1S/C11H10Cl2N2O2S/c1-6-11(7(2)15-14-6)18(16,17)10-4-3-8(12)5-9(10)13/h3-5H,1-2H3,(H,14,15). The van der Waals surface area contributed by atoms with Crippen LogP contribution < -0.4 is 0 Å². The summed E-state index contributed by atoms with van der Waals surface area (Å²) < 4.78 is 25.0. The van der Waals surface area contributed by atoms with Gasteiger partial charge in [0.2, 0.25) is 9.84 Å². The molecule has 4 nitrogen and oxygen atoms in total. The molecule has 2 rings (SSSR count). The van der Waals surface area contributed by atoms with Gasteiger partial charge >= 0.3 is 0 Å². The van der Waals surface area contributed by atoms with Crippen LogP contribution in [0.3, 0.4) is 0 Å². The smallest absolute Gasteiger partial charge is 0.211 e. The second-order valence-corrected chi connectivity index (χ2v) is 6.54. The SMILES string of the molecule is Cc1n[nH]c(C)c1S(=O)(=O)c1ccc(Cl)cc1Cl. The fraction of sp³-hybridized carbons (Fsp3) is 0.182. The molecule has 0 aliphatic carbocycles. The number of benzene rings is 1. The van der Waals surface area contributed by atoms with Crippen molar-refractivity contribution in [2.24, 2.45) is 0 Å². The summed E-state index contributed by atoms with van der Waals surface area (Å²) in [6.07, 6.45) is 0. The van der Waals surface area contributed by atoms with Gasteiger partial charge in [0.15, 0.2) is 0 Å². The Kier molecular flexibility index (Phi) is 3.40. The lowest BCUT2D eigenvalue weighted by atomic mass is 10.4. The van der Waals surface area contributed by atoms with E-state index in [4.69, 9.17) is 23.2 Å². The molecule has 1 heterocycles. The van der Waals surface area contributed by atoms with Crippen LogP contribution in [0.5, 0.6) is 0 Å². The van der Waals surface area contributed by atoms with Gasteiger partial charge in [-0.05, 0) is 32.0 Å². The maximum absolute atomic E-state index is 12.5. The van der Waals surface area contributed by atoms with Gasteiger partial charge in [-0.15, -0.1) is 0 Å². The first kappa shape index (κ1) is 13.4.